The van der Waals surface area contributed by atoms with Gasteiger partial charge in [0.2, 0.25) is 0 Å². The van der Waals surface area contributed by atoms with Gasteiger partial charge in [0.05, 0.1) is 12.7 Å². The lowest BCUT2D eigenvalue weighted by Crippen LogP contribution is -2.11. The van der Waals surface area contributed by atoms with Gasteiger partial charge in [-0.25, -0.2) is 4.79 Å². The first kappa shape index (κ1) is 16.6. The minimum absolute atomic E-state index is 0.350. The van der Waals surface area contributed by atoms with Crippen LogP contribution in [-0.2, 0) is 0 Å². The standard InChI is InChI=1S/C21H24O3/c1-15-3-5-16(6-4-15)17-7-13-20(14-8-17)24-21(22)18-9-11-19(23-2)12-10-18/h7-16H,3-6H2,1-2H3. The van der Waals surface area contributed by atoms with Gasteiger partial charge in [-0.15, -0.1) is 0 Å². The highest BCUT2D eigenvalue weighted by atomic mass is 16.5. The molecule has 0 aromatic heterocycles. The van der Waals surface area contributed by atoms with Crippen molar-refractivity contribution >= 4 is 5.97 Å². The van der Waals surface area contributed by atoms with Crippen LogP contribution in [0.5, 0.6) is 11.5 Å². The number of carbonyl (C=O) groups excluding carboxylic acids is 1. The first-order valence-corrected chi connectivity index (χ1v) is 8.62. The van der Waals surface area contributed by atoms with Gasteiger partial charge in [-0.2, -0.15) is 0 Å². The summed E-state index contributed by atoms with van der Waals surface area (Å²) in [5, 5.41) is 0. The van der Waals surface area contributed by atoms with Crippen LogP contribution in [0, 0.1) is 5.92 Å². The van der Waals surface area contributed by atoms with E-state index in [1.165, 1.54) is 31.2 Å². The van der Waals surface area contributed by atoms with E-state index in [4.69, 9.17) is 9.47 Å². The molecule has 1 fully saturated rings. The summed E-state index contributed by atoms with van der Waals surface area (Å²) in [7, 11) is 1.60. The van der Waals surface area contributed by atoms with E-state index in [9.17, 15) is 4.79 Å². The minimum Gasteiger partial charge on any atom is -0.497 e. The number of hydrogen-bond donors (Lipinski definition) is 0. The van der Waals surface area contributed by atoms with Crippen LogP contribution < -0.4 is 9.47 Å². The fraction of sp³-hybridized carbons (Fsp3) is 0.381. The van der Waals surface area contributed by atoms with Gasteiger partial charge in [-0.1, -0.05) is 31.9 Å². The first-order chi connectivity index (χ1) is 11.7. The van der Waals surface area contributed by atoms with E-state index >= 15 is 0 Å². The maximum Gasteiger partial charge on any atom is 0.343 e. The number of esters is 1. The Morgan fingerprint density at radius 2 is 1.46 bits per heavy atom. The van der Waals surface area contributed by atoms with Crippen molar-refractivity contribution in [3.8, 4) is 11.5 Å². The summed E-state index contributed by atoms with van der Waals surface area (Å²) in [6.45, 7) is 2.33. The molecule has 3 nitrogen and oxygen atoms in total. The summed E-state index contributed by atoms with van der Waals surface area (Å²) in [4.78, 5) is 12.2. The van der Waals surface area contributed by atoms with Crippen molar-refractivity contribution < 1.29 is 14.3 Å². The zero-order chi connectivity index (χ0) is 16.9. The molecule has 2 aromatic rings. The van der Waals surface area contributed by atoms with E-state index in [2.05, 4.69) is 19.1 Å². The van der Waals surface area contributed by atoms with Crippen molar-refractivity contribution in [2.45, 2.75) is 38.5 Å². The predicted molar refractivity (Wildman–Crippen MR) is 94.8 cm³/mol. The molecule has 0 radical (unpaired) electrons. The molecule has 1 saturated carbocycles. The normalized spacial score (nSPS) is 20.4. The largest absolute Gasteiger partial charge is 0.497 e. The van der Waals surface area contributed by atoms with Crippen LogP contribution in [0.25, 0.3) is 0 Å². The van der Waals surface area contributed by atoms with Crippen molar-refractivity contribution in [3.05, 3.63) is 59.7 Å². The number of ether oxygens (including phenoxy) is 2. The summed E-state index contributed by atoms with van der Waals surface area (Å²) < 4.78 is 10.5. The van der Waals surface area contributed by atoms with E-state index in [1.807, 2.05) is 12.1 Å². The van der Waals surface area contributed by atoms with Gasteiger partial charge < -0.3 is 9.47 Å². The van der Waals surface area contributed by atoms with Crippen LogP contribution in [0.2, 0.25) is 0 Å². The summed E-state index contributed by atoms with van der Waals surface area (Å²) in [5.41, 5.74) is 1.87. The average Bonchev–Trinajstić information content (AvgIpc) is 2.63. The number of hydrogen-bond acceptors (Lipinski definition) is 3. The van der Waals surface area contributed by atoms with Gasteiger partial charge in [-0.05, 0) is 66.6 Å². The van der Waals surface area contributed by atoms with Gasteiger partial charge in [0.1, 0.15) is 11.5 Å². The highest BCUT2D eigenvalue weighted by molar-refractivity contribution is 5.91. The third kappa shape index (κ3) is 3.97. The first-order valence-electron chi connectivity index (χ1n) is 8.62. The van der Waals surface area contributed by atoms with Gasteiger partial charge in [0.15, 0.2) is 0 Å². The lowest BCUT2D eigenvalue weighted by atomic mass is 9.79. The summed E-state index contributed by atoms with van der Waals surface area (Å²) in [6, 6.07) is 14.9. The van der Waals surface area contributed by atoms with E-state index in [-0.39, 0.29) is 5.97 Å². The average molecular weight is 324 g/mol. The summed E-state index contributed by atoms with van der Waals surface area (Å²) >= 11 is 0. The number of rotatable bonds is 4. The van der Waals surface area contributed by atoms with Crippen molar-refractivity contribution in [1.29, 1.82) is 0 Å². The second-order valence-electron chi connectivity index (χ2n) is 6.64. The molecule has 0 atom stereocenters. The number of methoxy groups -OCH3 is 1. The molecule has 0 N–H and O–H groups in total. The molecular weight excluding hydrogens is 300 g/mol. The molecule has 3 rings (SSSR count). The number of carbonyl (C=O) groups is 1. The summed E-state index contributed by atoms with van der Waals surface area (Å²) in [6.07, 6.45) is 5.12. The van der Waals surface area contributed by atoms with Gasteiger partial charge in [-0.3, -0.25) is 0 Å². The smallest absolute Gasteiger partial charge is 0.343 e. The Bertz CT molecular complexity index is 665. The van der Waals surface area contributed by atoms with E-state index < -0.39 is 0 Å². The Morgan fingerprint density at radius 1 is 0.875 bits per heavy atom. The third-order valence-electron chi connectivity index (χ3n) is 4.90. The molecule has 0 aliphatic heterocycles. The van der Waals surface area contributed by atoms with E-state index in [0.717, 1.165) is 11.7 Å². The molecular formula is C21H24O3. The lowest BCUT2D eigenvalue weighted by Gasteiger charge is -2.26. The Labute approximate surface area is 143 Å². The SMILES string of the molecule is COc1ccc(C(=O)Oc2ccc(C3CCC(C)CC3)cc2)cc1. The van der Waals surface area contributed by atoms with Crippen molar-refractivity contribution in [3.63, 3.8) is 0 Å². The molecule has 0 spiro atoms. The molecule has 2 aromatic carbocycles. The fourth-order valence-corrected chi connectivity index (χ4v) is 3.29. The van der Waals surface area contributed by atoms with Crippen molar-refractivity contribution in [2.24, 2.45) is 5.92 Å². The molecule has 0 amide bonds. The Kier molecular flexibility index (Phi) is 5.19. The fourth-order valence-electron chi connectivity index (χ4n) is 3.29. The van der Waals surface area contributed by atoms with Crippen LogP contribution in [0.3, 0.4) is 0 Å². The van der Waals surface area contributed by atoms with Crippen molar-refractivity contribution in [1.82, 2.24) is 0 Å². The van der Waals surface area contributed by atoms with Gasteiger partial charge in [0.25, 0.3) is 0 Å². The number of benzene rings is 2. The maximum atomic E-state index is 12.2. The van der Waals surface area contributed by atoms with Gasteiger partial charge in [0, 0.05) is 0 Å². The highest BCUT2D eigenvalue weighted by Gasteiger charge is 2.19. The Hall–Kier alpha value is -2.29. The van der Waals surface area contributed by atoms with E-state index in [0.29, 0.717) is 17.2 Å². The summed E-state index contributed by atoms with van der Waals surface area (Å²) in [5.74, 6) is 2.46. The zero-order valence-corrected chi connectivity index (χ0v) is 14.3. The molecule has 1 aliphatic rings. The molecule has 24 heavy (non-hydrogen) atoms. The molecule has 0 heterocycles. The van der Waals surface area contributed by atoms with Crippen molar-refractivity contribution in [2.75, 3.05) is 7.11 Å². The third-order valence-corrected chi connectivity index (χ3v) is 4.90. The second kappa shape index (κ2) is 7.52. The molecule has 0 saturated heterocycles. The molecule has 3 heteroatoms. The topological polar surface area (TPSA) is 35.5 Å². The Morgan fingerprint density at radius 3 is 2.04 bits per heavy atom. The predicted octanol–water partition coefficient (Wildman–Crippen LogP) is 5.21. The second-order valence-corrected chi connectivity index (χ2v) is 6.64. The zero-order valence-electron chi connectivity index (χ0n) is 14.3. The van der Waals surface area contributed by atoms with Crippen LogP contribution in [0.4, 0.5) is 0 Å². The Balaban J connectivity index is 1.62. The van der Waals surface area contributed by atoms with E-state index in [1.54, 1.807) is 31.4 Å². The van der Waals surface area contributed by atoms with Crippen LogP contribution in [-0.4, -0.2) is 13.1 Å². The molecule has 126 valence electrons. The highest BCUT2D eigenvalue weighted by Crippen LogP contribution is 2.35. The van der Waals surface area contributed by atoms with Gasteiger partial charge >= 0.3 is 5.97 Å². The van der Waals surface area contributed by atoms with Crippen LogP contribution >= 0.6 is 0 Å². The lowest BCUT2D eigenvalue weighted by molar-refractivity contribution is 0.0734. The quantitative estimate of drug-likeness (QED) is 0.572. The van der Waals surface area contributed by atoms with Crippen LogP contribution in [0.1, 0.15) is 54.4 Å². The minimum atomic E-state index is -0.350. The molecule has 0 unspecified atom stereocenters. The molecule has 0 bridgehead atoms. The monoisotopic (exact) mass is 324 g/mol. The molecule has 1 aliphatic carbocycles. The van der Waals surface area contributed by atoms with Crippen LogP contribution in [0.15, 0.2) is 48.5 Å². The maximum absolute atomic E-state index is 12.2.